The van der Waals surface area contributed by atoms with Crippen molar-refractivity contribution >= 4 is 28.5 Å². The van der Waals surface area contributed by atoms with Gasteiger partial charge in [0.25, 0.3) is 0 Å². The van der Waals surface area contributed by atoms with Crippen molar-refractivity contribution in [3.8, 4) is 0 Å². The molecule has 0 amide bonds. The molecule has 2 rings (SSSR count). The summed E-state index contributed by atoms with van der Waals surface area (Å²) >= 11 is 5.60. The highest BCUT2D eigenvalue weighted by molar-refractivity contribution is 6.29. The van der Waals surface area contributed by atoms with Gasteiger partial charge in [-0.2, -0.15) is 0 Å². The summed E-state index contributed by atoms with van der Waals surface area (Å²) in [4.78, 5) is 10.7. The van der Waals surface area contributed by atoms with Crippen molar-refractivity contribution in [1.29, 1.82) is 0 Å². The third-order valence-electron chi connectivity index (χ3n) is 1.36. The Kier molecular flexibility index (Phi) is 1.22. The van der Waals surface area contributed by atoms with Crippen LogP contribution in [0.3, 0.4) is 0 Å². The Hall–Kier alpha value is -1.29. The molecule has 56 valence electrons. The average molecular weight is 169 g/mol. The quantitative estimate of drug-likeness (QED) is 0.621. The molecular formula is C6H5ClN4. The zero-order valence-electron chi connectivity index (χ0n) is 5.50. The van der Waals surface area contributed by atoms with Gasteiger partial charge in [0.15, 0.2) is 0 Å². The summed E-state index contributed by atoms with van der Waals surface area (Å²) in [6.45, 7) is 0. The summed E-state index contributed by atoms with van der Waals surface area (Å²) in [7, 11) is 0. The first kappa shape index (κ1) is 6.42. The molecule has 0 aromatic carbocycles. The van der Waals surface area contributed by atoms with E-state index in [9.17, 15) is 0 Å². The maximum atomic E-state index is 5.60. The number of rotatable bonds is 0. The average Bonchev–Trinajstić information content (AvgIpc) is 2.27. The first-order valence-electron chi connectivity index (χ1n) is 3.02. The SMILES string of the molecule is Nc1cc2nc(Cl)[nH]c2cn1. The molecule has 0 fully saturated rings. The van der Waals surface area contributed by atoms with E-state index in [0.717, 1.165) is 11.0 Å². The number of nitrogen functional groups attached to an aromatic ring is 1. The molecule has 0 saturated carbocycles. The van der Waals surface area contributed by atoms with E-state index >= 15 is 0 Å². The standard InChI is InChI=1S/C6H5ClN4/c7-6-10-3-1-5(8)9-2-4(3)11-6/h1-2H,(H2,8,9)(H,10,11). The molecule has 11 heavy (non-hydrogen) atoms. The molecule has 0 unspecified atom stereocenters. The summed E-state index contributed by atoms with van der Waals surface area (Å²) in [5, 5.41) is 0.354. The van der Waals surface area contributed by atoms with E-state index in [1.54, 1.807) is 12.3 Å². The van der Waals surface area contributed by atoms with Gasteiger partial charge in [-0.3, -0.25) is 0 Å². The van der Waals surface area contributed by atoms with Crippen LogP contribution in [0.1, 0.15) is 0 Å². The Morgan fingerprint density at radius 2 is 2.36 bits per heavy atom. The number of hydrogen-bond donors (Lipinski definition) is 2. The van der Waals surface area contributed by atoms with Gasteiger partial charge in [-0.05, 0) is 11.6 Å². The van der Waals surface area contributed by atoms with Crippen molar-refractivity contribution in [3.05, 3.63) is 17.5 Å². The van der Waals surface area contributed by atoms with Gasteiger partial charge in [0.2, 0.25) is 5.28 Å². The van der Waals surface area contributed by atoms with E-state index in [0.29, 0.717) is 11.1 Å². The summed E-state index contributed by atoms with van der Waals surface area (Å²) in [6.07, 6.45) is 1.60. The summed E-state index contributed by atoms with van der Waals surface area (Å²) in [5.74, 6) is 0.445. The lowest BCUT2D eigenvalue weighted by molar-refractivity contribution is 1.33. The van der Waals surface area contributed by atoms with Gasteiger partial charge in [0.05, 0.1) is 17.2 Å². The van der Waals surface area contributed by atoms with Crippen LogP contribution in [0, 0.1) is 0 Å². The van der Waals surface area contributed by atoms with Gasteiger partial charge in [-0.25, -0.2) is 9.97 Å². The second-order valence-corrected chi connectivity index (χ2v) is 2.51. The summed E-state index contributed by atoms with van der Waals surface area (Å²) < 4.78 is 0. The number of nitrogens with zero attached hydrogens (tertiary/aromatic N) is 2. The smallest absolute Gasteiger partial charge is 0.201 e. The van der Waals surface area contributed by atoms with Crippen LogP contribution < -0.4 is 5.73 Å². The maximum Gasteiger partial charge on any atom is 0.201 e. The van der Waals surface area contributed by atoms with Crippen LogP contribution >= 0.6 is 11.6 Å². The predicted octanol–water partition coefficient (Wildman–Crippen LogP) is 1.19. The molecule has 2 aromatic heterocycles. The molecule has 0 aliphatic rings. The number of halogens is 1. The van der Waals surface area contributed by atoms with Crippen molar-refractivity contribution < 1.29 is 0 Å². The predicted molar refractivity (Wildman–Crippen MR) is 43.3 cm³/mol. The van der Waals surface area contributed by atoms with E-state index in [1.807, 2.05) is 0 Å². The Balaban J connectivity index is 2.82. The molecule has 0 atom stereocenters. The third kappa shape index (κ3) is 1.01. The summed E-state index contributed by atoms with van der Waals surface area (Å²) in [6, 6.07) is 1.66. The highest BCUT2D eigenvalue weighted by atomic mass is 35.5. The number of fused-ring (bicyclic) bond motifs is 1. The number of hydrogen-bond acceptors (Lipinski definition) is 3. The molecule has 3 N–H and O–H groups in total. The van der Waals surface area contributed by atoms with Crippen LogP contribution in [0.25, 0.3) is 11.0 Å². The van der Waals surface area contributed by atoms with E-state index in [2.05, 4.69) is 15.0 Å². The number of pyridine rings is 1. The van der Waals surface area contributed by atoms with Crippen molar-refractivity contribution in [2.24, 2.45) is 0 Å². The Bertz CT molecular complexity index is 394. The monoisotopic (exact) mass is 168 g/mol. The van der Waals surface area contributed by atoms with Gasteiger partial charge in [0, 0.05) is 6.07 Å². The van der Waals surface area contributed by atoms with Crippen molar-refractivity contribution in [2.75, 3.05) is 5.73 Å². The van der Waals surface area contributed by atoms with Gasteiger partial charge in [-0.1, -0.05) is 0 Å². The lowest BCUT2D eigenvalue weighted by Gasteiger charge is -1.88. The Labute approximate surface area is 67.4 Å². The van der Waals surface area contributed by atoms with Gasteiger partial charge in [-0.15, -0.1) is 0 Å². The first-order valence-corrected chi connectivity index (χ1v) is 3.40. The van der Waals surface area contributed by atoms with E-state index < -0.39 is 0 Å². The number of nitrogens with two attached hydrogens (primary N) is 1. The Morgan fingerprint density at radius 3 is 3.18 bits per heavy atom. The number of nitrogens with one attached hydrogen (secondary N) is 1. The maximum absolute atomic E-state index is 5.60. The Morgan fingerprint density at radius 1 is 1.55 bits per heavy atom. The van der Waals surface area contributed by atoms with Crippen molar-refractivity contribution in [3.63, 3.8) is 0 Å². The zero-order valence-corrected chi connectivity index (χ0v) is 6.26. The van der Waals surface area contributed by atoms with Crippen LogP contribution in [0.2, 0.25) is 5.28 Å². The number of anilines is 1. The second-order valence-electron chi connectivity index (χ2n) is 2.15. The van der Waals surface area contributed by atoms with Crippen LogP contribution in [-0.2, 0) is 0 Å². The fourth-order valence-electron chi connectivity index (χ4n) is 0.894. The minimum Gasteiger partial charge on any atom is -0.384 e. The normalized spacial score (nSPS) is 10.6. The highest BCUT2D eigenvalue weighted by Crippen LogP contribution is 2.14. The number of aromatic amines is 1. The largest absolute Gasteiger partial charge is 0.384 e. The molecule has 0 bridgehead atoms. The molecule has 0 aliphatic heterocycles. The molecule has 0 saturated heterocycles. The molecule has 0 aliphatic carbocycles. The molecule has 4 nitrogen and oxygen atoms in total. The van der Waals surface area contributed by atoms with Gasteiger partial charge >= 0.3 is 0 Å². The van der Waals surface area contributed by atoms with E-state index in [-0.39, 0.29) is 0 Å². The van der Waals surface area contributed by atoms with Gasteiger partial charge < -0.3 is 10.7 Å². The second kappa shape index (κ2) is 2.10. The van der Waals surface area contributed by atoms with Crippen molar-refractivity contribution in [1.82, 2.24) is 15.0 Å². The number of H-pyrrole nitrogens is 1. The van der Waals surface area contributed by atoms with E-state index in [4.69, 9.17) is 17.3 Å². The molecule has 0 spiro atoms. The van der Waals surface area contributed by atoms with Crippen LogP contribution in [-0.4, -0.2) is 15.0 Å². The minimum atomic E-state index is 0.354. The third-order valence-corrected chi connectivity index (χ3v) is 1.54. The molecule has 2 aromatic rings. The fourth-order valence-corrected chi connectivity index (χ4v) is 1.09. The zero-order chi connectivity index (χ0) is 7.84. The summed E-state index contributed by atoms with van der Waals surface area (Å²) in [5.41, 5.74) is 6.96. The lowest BCUT2D eigenvalue weighted by atomic mass is 10.4. The van der Waals surface area contributed by atoms with Crippen LogP contribution in [0.15, 0.2) is 12.3 Å². The number of aromatic nitrogens is 3. The molecular weight excluding hydrogens is 164 g/mol. The highest BCUT2D eigenvalue weighted by Gasteiger charge is 1.99. The first-order chi connectivity index (χ1) is 5.25. The van der Waals surface area contributed by atoms with E-state index in [1.165, 1.54) is 0 Å². The van der Waals surface area contributed by atoms with Gasteiger partial charge in [0.1, 0.15) is 5.82 Å². The van der Waals surface area contributed by atoms with Crippen LogP contribution in [0.4, 0.5) is 5.82 Å². The molecule has 5 heteroatoms. The lowest BCUT2D eigenvalue weighted by Crippen LogP contribution is -1.87. The minimum absolute atomic E-state index is 0.354. The number of imidazole rings is 1. The van der Waals surface area contributed by atoms with Crippen LogP contribution in [0.5, 0.6) is 0 Å². The topological polar surface area (TPSA) is 67.6 Å². The fraction of sp³-hybridized carbons (Fsp3) is 0. The van der Waals surface area contributed by atoms with Crippen molar-refractivity contribution in [2.45, 2.75) is 0 Å². The molecule has 2 heterocycles. The molecule has 0 radical (unpaired) electrons.